The van der Waals surface area contributed by atoms with E-state index < -0.39 is 12.5 Å². The molecule has 0 aliphatic carbocycles. The second-order valence-corrected chi connectivity index (χ2v) is 5.57. The predicted octanol–water partition coefficient (Wildman–Crippen LogP) is 4.72. The summed E-state index contributed by atoms with van der Waals surface area (Å²) in [6.45, 7) is -2.89. The van der Waals surface area contributed by atoms with Gasteiger partial charge in [-0.05, 0) is 30.3 Å². The van der Waals surface area contributed by atoms with E-state index in [1.165, 1.54) is 31.6 Å². The highest BCUT2D eigenvalue weighted by atomic mass is 19.3. The summed E-state index contributed by atoms with van der Waals surface area (Å²) in [5.74, 6) is 0.0857. The first-order chi connectivity index (χ1) is 13.6. The van der Waals surface area contributed by atoms with Gasteiger partial charge in [-0.1, -0.05) is 18.2 Å². The number of anilines is 1. The van der Waals surface area contributed by atoms with Crippen LogP contribution in [0.25, 0.3) is 0 Å². The van der Waals surface area contributed by atoms with Crippen molar-refractivity contribution >= 4 is 11.6 Å². The average molecular weight is 389 g/mol. The molecule has 6 nitrogen and oxygen atoms in total. The van der Waals surface area contributed by atoms with Crippen molar-refractivity contribution in [1.82, 2.24) is 0 Å². The number of alkyl halides is 2. The van der Waals surface area contributed by atoms with Crippen LogP contribution in [-0.4, -0.2) is 19.6 Å². The molecule has 28 heavy (non-hydrogen) atoms. The van der Waals surface area contributed by atoms with Crippen molar-refractivity contribution in [2.24, 2.45) is 0 Å². The molecular formula is C20H17F2NO5. The van der Waals surface area contributed by atoms with E-state index in [0.29, 0.717) is 11.3 Å². The van der Waals surface area contributed by atoms with Gasteiger partial charge in [-0.15, -0.1) is 0 Å². The fourth-order valence-corrected chi connectivity index (χ4v) is 2.46. The van der Waals surface area contributed by atoms with Gasteiger partial charge < -0.3 is 23.9 Å². The predicted molar refractivity (Wildman–Crippen MR) is 97.1 cm³/mol. The zero-order chi connectivity index (χ0) is 19.9. The monoisotopic (exact) mass is 389 g/mol. The lowest BCUT2D eigenvalue weighted by molar-refractivity contribution is -0.0511. The minimum Gasteiger partial charge on any atom is -0.493 e. The van der Waals surface area contributed by atoms with Crippen LogP contribution in [0.3, 0.4) is 0 Å². The molecule has 146 valence electrons. The zero-order valence-corrected chi connectivity index (χ0v) is 14.9. The van der Waals surface area contributed by atoms with Gasteiger partial charge in [-0.2, -0.15) is 8.78 Å². The summed E-state index contributed by atoms with van der Waals surface area (Å²) in [6.07, 6.45) is 1.37. The topological polar surface area (TPSA) is 69.9 Å². The number of carbonyl (C=O) groups is 1. The van der Waals surface area contributed by atoms with Crippen LogP contribution in [0, 0.1) is 0 Å². The van der Waals surface area contributed by atoms with E-state index in [9.17, 15) is 13.6 Å². The van der Waals surface area contributed by atoms with E-state index in [0.717, 1.165) is 0 Å². The summed E-state index contributed by atoms with van der Waals surface area (Å²) in [7, 11) is 1.33. The maximum Gasteiger partial charge on any atom is 0.387 e. The van der Waals surface area contributed by atoms with Gasteiger partial charge in [0, 0.05) is 17.3 Å². The van der Waals surface area contributed by atoms with E-state index in [2.05, 4.69) is 10.1 Å². The molecule has 1 aromatic heterocycles. The number of ether oxygens (including phenoxy) is 3. The Kier molecular flexibility index (Phi) is 6.11. The summed E-state index contributed by atoms with van der Waals surface area (Å²) in [4.78, 5) is 12.5. The summed E-state index contributed by atoms with van der Waals surface area (Å²) in [5, 5.41) is 2.58. The van der Waals surface area contributed by atoms with Crippen LogP contribution in [-0.2, 0) is 6.61 Å². The Morgan fingerprint density at radius 1 is 1.11 bits per heavy atom. The average Bonchev–Trinajstić information content (AvgIpc) is 3.16. The third-order valence-electron chi connectivity index (χ3n) is 3.73. The third-order valence-corrected chi connectivity index (χ3v) is 3.73. The molecule has 0 radical (unpaired) electrons. The maximum atomic E-state index is 12.5. The molecule has 2 aromatic carbocycles. The second-order valence-electron chi connectivity index (χ2n) is 5.57. The minimum atomic E-state index is -3.02. The van der Waals surface area contributed by atoms with Gasteiger partial charge in [0.25, 0.3) is 5.91 Å². The molecule has 0 atom stereocenters. The summed E-state index contributed by atoms with van der Waals surface area (Å²) < 4.78 is 45.3. The van der Waals surface area contributed by atoms with Gasteiger partial charge in [0.15, 0.2) is 17.3 Å². The lowest BCUT2D eigenvalue weighted by Crippen LogP contribution is -2.14. The lowest BCUT2D eigenvalue weighted by Gasteiger charge is -2.12. The number of benzene rings is 2. The van der Waals surface area contributed by atoms with Crippen LogP contribution in [0.2, 0.25) is 0 Å². The fraction of sp³-hybridized carbons (Fsp3) is 0.150. The number of para-hydroxylation sites is 1. The Balaban J connectivity index is 1.71. The second kappa shape index (κ2) is 8.90. The van der Waals surface area contributed by atoms with Gasteiger partial charge in [-0.3, -0.25) is 4.79 Å². The largest absolute Gasteiger partial charge is 0.493 e. The molecule has 0 unspecified atom stereocenters. The Hall–Kier alpha value is -3.55. The van der Waals surface area contributed by atoms with E-state index in [1.54, 1.807) is 18.2 Å². The smallest absolute Gasteiger partial charge is 0.387 e. The molecule has 3 rings (SSSR count). The summed E-state index contributed by atoms with van der Waals surface area (Å²) in [5.41, 5.74) is 0.784. The number of nitrogens with one attached hydrogen (secondary N) is 1. The number of furan rings is 1. The van der Waals surface area contributed by atoms with Crippen molar-refractivity contribution in [3.8, 4) is 17.2 Å². The van der Waals surface area contributed by atoms with Crippen molar-refractivity contribution in [3.63, 3.8) is 0 Å². The molecule has 1 amide bonds. The normalized spacial score (nSPS) is 10.6. The van der Waals surface area contributed by atoms with Crippen LogP contribution in [0.1, 0.15) is 16.1 Å². The van der Waals surface area contributed by atoms with Gasteiger partial charge in [0.1, 0.15) is 12.4 Å². The number of hydrogen-bond acceptors (Lipinski definition) is 5. The lowest BCUT2D eigenvalue weighted by atomic mass is 10.2. The Bertz CT molecular complexity index is 927. The van der Waals surface area contributed by atoms with Crippen LogP contribution >= 0.6 is 0 Å². The highest BCUT2D eigenvalue weighted by molar-refractivity contribution is 6.03. The quantitative estimate of drug-likeness (QED) is 0.604. The molecule has 0 saturated carbocycles. The highest BCUT2D eigenvalue weighted by Gasteiger charge is 2.18. The molecule has 0 aliphatic rings. The first-order valence-electron chi connectivity index (χ1n) is 8.25. The molecule has 0 fully saturated rings. The molecule has 3 aromatic rings. The standard InChI is InChI=1S/C20H17F2NO5/c1-25-16-8-7-14(11-17(16)28-20(21)22)23-19(24)18-13(9-10-26-18)12-27-15-5-3-2-4-6-15/h2-11,20H,12H2,1H3,(H,23,24). The van der Waals surface area contributed by atoms with E-state index in [4.69, 9.17) is 13.9 Å². The fourth-order valence-electron chi connectivity index (χ4n) is 2.46. The van der Waals surface area contributed by atoms with Crippen LogP contribution in [0.15, 0.2) is 65.3 Å². The SMILES string of the molecule is COc1ccc(NC(=O)c2occc2COc2ccccc2)cc1OC(F)F. The first kappa shape index (κ1) is 19.2. The Labute approximate surface area is 159 Å². The molecule has 8 heteroatoms. The first-order valence-corrected chi connectivity index (χ1v) is 8.25. The number of hydrogen-bond donors (Lipinski definition) is 1. The van der Waals surface area contributed by atoms with Gasteiger partial charge >= 0.3 is 6.61 Å². The zero-order valence-electron chi connectivity index (χ0n) is 14.9. The van der Waals surface area contributed by atoms with E-state index in [1.807, 2.05) is 18.2 Å². The molecule has 0 saturated heterocycles. The van der Waals surface area contributed by atoms with Crippen molar-refractivity contribution in [3.05, 3.63) is 72.2 Å². The van der Waals surface area contributed by atoms with Crippen LogP contribution < -0.4 is 19.5 Å². The van der Waals surface area contributed by atoms with Gasteiger partial charge in [0.05, 0.1) is 13.4 Å². The molecule has 0 bridgehead atoms. The number of halogens is 2. The van der Waals surface area contributed by atoms with Crippen LogP contribution in [0.5, 0.6) is 17.2 Å². The highest BCUT2D eigenvalue weighted by Crippen LogP contribution is 2.31. The molecular weight excluding hydrogens is 372 g/mol. The molecule has 0 spiro atoms. The third kappa shape index (κ3) is 4.79. The van der Waals surface area contributed by atoms with E-state index in [-0.39, 0.29) is 29.6 Å². The van der Waals surface area contributed by atoms with Crippen molar-refractivity contribution in [2.75, 3.05) is 12.4 Å². The molecule has 0 aliphatic heterocycles. The summed E-state index contributed by atoms with van der Waals surface area (Å²) in [6, 6.07) is 14.9. The van der Waals surface area contributed by atoms with E-state index >= 15 is 0 Å². The van der Waals surface area contributed by atoms with Crippen molar-refractivity contribution in [1.29, 1.82) is 0 Å². The molecule has 1 heterocycles. The number of amides is 1. The van der Waals surface area contributed by atoms with Crippen molar-refractivity contribution in [2.45, 2.75) is 13.2 Å². The summed E-state index contributed by atoms with van der Waals surface area (Å²) >= 11 is 0. The van der Waals surface area contributed by atoms with Gasteiger partial charge in [0.2, 0.25) is 0 Å². The van der Waals surface area contributed by atoms with Crippen molar-refractivity contribution < 1.29 is 32.2 Å². The Morgan fingerprint density at radius 2 is 1.89 bits per heavy atom. The maximum absolute atomic E-state index is 12.5. The minimum absolute atomic E-state index is 0.0584. The Morgan fingerprint density at radius 3 is 2.61 bits per heavy atom. The number of rotatable bonds is 8. The molecule has 1 N–H and O–H groups in total. The van der Waals surface area contributed by atoms with Gasteiger partial charge in [-0.25, -0.2) is 0 Å². The number of methoxy groups -OCH3 is 1. The number of carbonyl (C=O) groups excluding carboxylic acids is 1. The van der Waals surface area contributed by atoms with Crippen LogP contribution in [0.4, 0.5) is 14.5 Å².